The largest absolute Gasteiger partial charge is 0.480 e. The van der Waals surface area contributed by atoms with Crippen LogP contribution in [-0.4, -0.2) is 57.9 Å². The van der Waals surface area contributed by atoms with Crippen LogP contribution in [0.1, 0.15) is 33.1 Å². The molecule has 2 aromatic heterocycles. The molecule has 1 saturated heterocycles. The molecule has 3 atom stereocenters. The van der Waals surface area contributed by atoms with Crippen molar-refractivity contribution in [1.82, 2.24) is 14.5 Å². The molecule has 0 radical (unpaired) electrons. The van der Waals surface area contributed by atoms with E-state index in [9.17, 15) is 9.90 Å². The summed E-state index contributed by atoms with van der Waals surface area (Å²) in [5.74, 6) is -1.94. The highest BCUT2D eigenvalue weighted by molar-refractivity contribution is 6.33. The summed E-state index contributed by atoms with van der Waals surface area (Å²) in [6, 6.07) is 4.27. The lowest BCUT2D eigenvalue weighted by Gasteiger charge is -2.35. The van der Waals surface area contributed by atoms with Gasteiger partial charge in [-0.15, -0.1) is 0 Å². The first-order valence-electron chi connectivity index (χ1n) is 13.8. The number of hydrogen-bond donors (Lipinski definition) is 3. The maximum Gasteiger partial charge on any atom is 0.301 e. The van der Waals surface area contributed by atoms with Crippen molar-refractivity contribution in [3.63, 3.8) is 0 Å². The number of pyridine rings is 1. The summed E-state index contributed by atoms with van der Waals surface area (Å²) < 4.78 is 37.1. The third kappa shape index (κ3) is 4.94. The molecular weight excluding hydrogens is 542 g/mol. The first-order chi connectivity index (χ1) is 19.2. The number of aliphatic hydroxyl groups is 1. The van der Waals surface area contributed by atoms with Crippen LogP contribution >= 0.6 is 11.6 Å². The summed E-state index contributed by atoms with van der Waals surface area (Å²) in [5.41, 5.74) is 1.07. The minimum atomic E-state index is -3.11. The smallest absolute Gasteiger partial charge is 0.301 e. The van der Waals surface area contributed by atoms with E-state index in [1.165, 1.54) is 4.57 Å². The van der Waals surface area contributed by atoms with Gasteiger partial charge < -0.3 is 29.9 Å². The van der Waals surface area contributed by atoms with E-state index in [-0.39, 0.29) is 29.9 Å². The van der Waals surface area contributed by atoms with Crippen molar-refractivity contribution in [2.75, 3.05) is 41.8 Å². The van der Waals surface area contributed by atoms with Crippen LogP contribution in [0, 0.1) is 17.8 Å². The molecule has 1 saturated carbocycles. The summed E-state index contributed by atoms with van der Waals surface area (Å²) in [5, 5.41) is 16.9. The predicted octanol–water partition coefficient (Wildman–Crippen LogP) is 4.88. The van der Waals surface area contributed by atoms with Gasteiger partial charge >= 0.3 is 5.92 Å². The van der Waals surface area contributed by atoms with Crippen molar-refractivity contribution in [3.05, 3.63) is 39.8 Å². The zero-order valence-electron chi connectivity index (χ0n) is 22.5. The standard InChI is InChI=1S/C28H33ClF2N6O3/c1-3-37-21-7-6-18(33-25-20(29)10-32-27(35-25)36-11-15(2)8-16(12-36)13-38)9-19(21)22-23(26(37)39)40-14-28(30,31)24(34-22)17-4-5-17/h6-7,9-10,15-17,24,34,38H,3-5,8,11-14H2,1-2H3,(H,32,33,35)/t15-,16+,24?/m1/s1. The molecule has 3 aliphatic rings. The van der Waals surface area contributed by atoms with Gasteiger partial charge in [0.1, 0.15) is 5.02 Å². The van der Waals surface area contributed by atoms with Crippen molar-refractivity contribution in [1.29, 1.82) is 0 Å². The Labute approximate surface area is 235 Å². The van der Waals surface area contributed by atoms with E-state index in [0.29, 0.717) is 65.2 Å². The number of benzene rings is 1. The zero-order chi connectivity index (χ0) is 28.2. The highest BCUT2D eigenvalue weighted by Crippen LogP contribution is 2.45. The van der Waals surface area contributed by atoms with Crippen LogP contribution in [-0.2, 0) is 6.54 Å². The summed E-state index contributed by atoms with van der Waals surface area (Å²) in [7, 11) is 0. The van der Waals surface area contributed by atoms with Gasteiger partial charge in [-0.25, -0.2) is 13.8 Å². The van der Waals surface area contributed by atoms with Crippen LogP contribution in [0.25, 0.3) is 10.9 Å². The second-order valence-electron chi connectivity index (χ2n) is 11.3. The molecule has 9 nitrogen and oxygen atoms in total. The molecule has 0 bridgehead atoms. The van der Waals surface area contributed by atoms with E-state index in [1.54, 1.807) is 24.4 Å². The van der Waals surface area contributed by atoms with Gasteiger partial charge in [0.05, 0.1) is 23.4 Å². The molecule has 2 fully saturated rings. The Morgan fingerprint density at radius 1 is 1.30 bits per heavy atom. The van der Waals surface area contributed by atoms with Gasteiger partial charge in [-0.3, -0.25) is 4.79 Å². The first-order valence-corrected chi connectivity index (χ1v) is 14.2. The quantitative estimate of drug-likeness (QED) is 0.383. The molecule has 1 unspecified atom stereocenters. The number of alkyl halides is 2. The van der Waals surface area contributed by atoms with Crippen molar-refractivity contribution >= 4 is 45.6 Å². The first kappa shape index (κ1) is 27.0. The SMILES string of the molecule is CCn1c(=O)c2c(c3cc(Nc4nc(N5C[C@H](C)C[C@H](CO)C5)ncc4Cl)ccc31)NC(C1CC1)C(F)(F)CO2. The Balaban J connectivity index is 1.39. The minimum Gasteiger partial charge on any atom is -0.480 e. The van der Waals surface area contributed by atoms with E-state index in [4.69, 9.17) is 16.3 Å². The third-order valence-electron chi connectivity index (χ3n) is 8.08. The number of aromatic nitrogens is 3. The maximum absolute atomic E-state index is 15.0. The predicted molar refractivity (Wildman–Crippen MR) is 151 cm³/mol. The van der Waals surface area contributed by atoms with Gasteiger partial charge in [-0.1, -0.05) is 18.5 Å². The van der Waals surface area contributed by atoms with Gasteiger partial charge in [0.2, 0.25) is 11.7 Å². The van der Waals surface area contributed by atoms with Crippen LogP contribution in [0.15, 0.2) is 29.2 Å². The van der Waals surface area contributed by atoms with E-state index in [0.717, 1.165) is 13.0 Å². The number of hydrogen-bond acceptors (Lipinski definition) is 8. The summed E-state index contributed by atoms with van der Waals surface area (Å²) >= 11 is 6.48. The van der Waals surface area contributed by atoms with Crippen LogP contribution in [0.3, 0.4) is 0 Å². The maximum atomic E-state index is 15.0. The van der Waals surface area contributed by atoms with Gasteiger partial charge in [0, 0.05) is 37.3 Å². The Kier molecular flexibility index (Phi) is 6.98. The number of nitrogens with one attached hydrogen (secondary N) is 2. The number of nitrogens with zero attached hydrogens (tertiary/aromatic N) is 4. The number of aryl methyl sites for hydroxylation is 1. The van der Waals surface area contributed by atoms with Crippen LogP contribution in [0.2, 0.25) is 5.02 Å². The van der Waals surface area contributed by atoms with Crippen LogP contribution in [0.4, 0.5) is 31.9 Å². The topological polar surface area (TPSA) is 105 Å². The fourth-order valence-electron chi connectivity index (χ4n) is 6.02. The van der Waals surface area contributed by atoms with Crippen molar-refractivity contribution in [3.8, 4) is 5.75 Å². The van der Waals surface area contributed by atoms with Gasteiger partial charge in [0.15, 0.2) is 12.4 Å². The number of piperidine rings is 1. The molecule has 40 heavy (non-hydrogen) atoms. The van der Waals surface area contributed by atoms with Crippen molar-refractivity contribution in [2.45, 2.75) is 51.6 Å². The number of aliphatic hydroxyl groups excluding tert-OH is 1. The second-order valence-corrected chi connectivity index (χ2v) is 11.7. The van der Waals surface area contributed by atoms with E-state index < -0.39 is 24.1 Å². The Hall–Kier alpha value is -3.18. The normalized spacial score (nSPS) is 24.1. The Morgan fingerprint density at radius 3 is 2.83 bits per heavy atom. The van der Waals surface area contributed by atoms with E-state index >= 15 is 8.78 Å². The molecule has 2 aliphatic heterocycles. The highest BCUT2D eigenvalue weighted by atomic mass is 35.5. The molecular formula is C28H33ClF2N6O3. The Bertz CT molecular complexity index is 1500. The molecule has 12 heteroatoms. The molecule has 6 rings (SSSR count). The average molecular weight is 575 g/mol. The number of anilines is 4. The lowest BCUT2D eigenvalue weighted by molar-refractivity contribution is -0.0579. The minimum absolute atomic E-state index is 0.0886. The number of ether oxygens (including phenoxy) is 1. The third-order valence-corrected chi connectivity index (χ3v) is 8.35. The molecule has 3 aromatic rings. The van der Waals surface area contributed by atoms with E-state index in [2.05, 4.69) is 32.4 Å². The van der Waals surface area contributed by atoms with Crippen LogP contribution in [0.5, 0.6) is 5.75 Å². The molecule has 1 aliphatic carbocycles. The number of halogens is 3. The van der Waals surface area contributed by atoms with Crippen molar-refractivity contribution in [2.24, 2.45) is 17.8 Å². The van der Waals surface area contributed by atoms with Crippen molar-refractivity contribution < 1.29 is 18.6 Å². The van der Waals surface area contributed by atoms with Gasteiger partial charge in [-0.05, 0) is 62.1 Å². The van der Waals surface area contributed by atoms with Gasteiger partial charge in [-0.2, -0.15) is 4.98 Å². The van der Waals surface area contributed by atoms with Gasteiger partial charge in [0.25, 0.3) is 5.56 Å². The number of fused-ring (bicyclic) bond motifs is 3. The molecule has 1 aromatic carbocycles. The number of rotatable bonds is 6. The molecule has 214 valence electrons. The molecule has 3 N–H and O–H groups in total. The Morgan fingerprint density at radius 2 is 2.10 bits per heavy atom. The fraction of sp³-hybridized carbons (Fsp3) is 0.536. The molecule has 0 spiro atoms. The lowest BCUT2D eigenvalue weighted by Crippen LogP contribution is -2.44. The lowest BCUT2D eigenvalue weighted by atomic mass is 9.91. The summed E-state index contributed by atoms with van der Waals surface area (Å²) in [4.78, 5) is 24.4. The molecule has 4 heterocycles. The monoisotopic (exact) mass is 574 g/mol. The van der Waals surface area contributed by atoms with E-state index in [1.807, 2.05) is 6.92 Å². The average Bonchev–Trinajstić information content (AvgIpc) is 3.77. The molecule has 0 amide bonds. The fourth-order valence-corrected chi connectivity index (χ4v) is 6.16. The van der Waals surface area contributed by atoms with Crippen LogP contribution < -0.4 is 25.8 Å². The summed E-state index contributed by atoms with van der Waals surface area (Å²) in [6.07, 6.45) is 3.91. The highest BCUT2D eigenvalue weighted by Gasteiger charge is 2.51. The zero-order valence-corrected chi connectivity index (χ0v) is 23.2. The summed E-state index contributed by atoms with van der Waals surface area (Å²) in [6.45, 7) is 5.00. The second kappa shape index (κ2) is 10.3.